The minimum absolute atomic E-state index is 0.0336. The number of hydrogen-bond donors (Lipinski definition) is 1. The average molecular weight is 893 g/mol. The molecule has 6 aromatic rings. The van der Waals surface area contributed by atoms with Gasteiger partial charge in [0.05, 0.1) is 38.1 Å². The Morgan fingerprint density at radius 3 is 1.63 bits per heavy atom. The van der Waals surface area contributed by atoms with Crippen LogP contribution in [0.4, 0.5) is 0 Å². The van der Waals surface area contributed by atoms with E-state index in [0.29, 0.717) is 42.7 Å². The summed E-state index contributed by atoms with van der Waals surface area (Å²) < 4.78 is 28.7. The molecule has 0 saturated heterocycles. The number of ether oxygens (including phenoxy) is 1. The first-order chi connectivity index (χ1) is 25.7. The van der Waals surface area contributed by atoms with Crippen molar-refractivity contribution in [2.24, 2.45) is 0 Å². The van der Waals surface area contributed by atoms with Crippen LogP contribution in [-0.4, -0.2) is 64.5 Å². The van der Waals surface area contributed by atoms with E-state index < -0.39 is 15.8 Å². The Hall–Kier alpha value is -3.08. The largest absolute Gasteiger partial charge is 0.477 e. The van der Waals surface area contributed by atoms with Crippen LogP contribution in [0.2, 0.25) is 20.1 Å². The van der Waals surface area contributed by atoms with E-state index in [9.17, 15) is 18.0 Å². The van der Waals surface area contributed by atoms with Crippen molar-refractivity contribution in [3.63, 3.8) is 0 Å². The Morgan fingerprint density at radius 2 is 1.19 bits per heavy atom. The van der Waals surface area contributed by atoms with Gasteiger partial charge >= 0.3 is 11.9 Å². The van der Waals surface area contributed by atoms with Crippen LogP contribution in [0.3, 0.4) is 0 Å². The topological polar surface area (TPSA) is 149 Å². The minimum atomic E-state index is -3.68. The van der Waals surface area contributed by atoms with Crippen molar-refractivity contribution in [2.75, 3.05) is 19.1 Å². The van der Waals surface area contributed by atoms with Gasteiger partial charge in [-0.25, -0.2) is 37.9 Å². The maximum absolute atomic E-state index is 12.0. The normalized spacial score (nSPS) is 10.5. The number of thiophene rings is 2. The number of nitrogens with zero attached hydrogens (tertiary/aromatic N) is 4. The number of carboxylic acid groups (broad SMARTS) is 1. The van der Waals surface area contributed by atoms with Crippen LogP contribution in [0.25, 0.3) is 42.9 Å². The number of hydrogen-bond acceptors (Lipinski definition) is 12. The lowest BCUT2D eigenvalue weighted by Gasteiger charge is -2.06. The number of carboxylic acids is 1. The van der Waals surface area contributed by atoms with Crippen LogP contribution >= 0.6 is 80.8 Å². The quantitative estimate of drug-likeness (QED) is 0.0927. The van der Waals surface area contributed by atoms with Crippen LogP contribution in [0.5, 0.6) is 0 Å². The molecule has 4 aromatic heterocycles. The Morgan fingerprint density at radius 1 is 0.722 bits per heavy atom. The third-order valence-electron chi connectivity index (χ3n) is 6.33. The van der Waals surface area contributed by atoms with Crippen LogP contribution in [-0.2, 0) is 14.6 Å². The first-order valence-electron chi connectivity index (χ1n) is 16.4. The van der Waals surface area contributed by atoms with Crippen LogP contribution in [0.15, 0.2) is 58.8 Å². The van der Waals surface area contributed by atoms with Gasteiger partial charge in [-0.2, -0.15) is 0 Å². The highest BCUT2D eigenvalue weighted by molar-refractivity contribution is 7.98. The zero-order valence-corrected chi connectivity index (χ0v) is 37.0. The molecule has 4 heterocycles. The minimum Gasteiger partial charge on any atom is -0.477 e. The van der Waals surface area contributed by atoms with E-state index in [4.69, 9.17) is 56.2 Å². The van der Waals surface area contributed by atoms with Gasteiger partial charge in [-0.1, -0.05) is 112 Å². The molecule has 0 atom stereocenters. The molecule has 0 aliphatic carbocycles. The average Bonchev–Trinajstić information content (AvgIpc) is 3.81. The lowest BCUT2D eigenvalue weighted by atomic mass is 10.1. The number of fused-ring (bicyclic) bond motifs is 2. The second-order valence-electron chi connectivity index (χ2n) is 9.63. The molecule has 0 radical (unpaired) electrons. The molecule has 2 aromatic carbocycles. The van der Waals surface area contributed by atoms with E-state index in [-0.39, 0.29) is 31.5 Å². The van der Waals surface area contributed by atoms with Gasteiger partial charge in [0, 0.05) is 28.2 Å². The fourth-order valence-corrected chi connectivity index (χ4v) is 7.58. The third-order valence-corrected chi connectivity index (χ3v) is 11.2. The summed E-state index contributed by atoms with van der Waals surface area (Å²) in [6.45, 7) is 14.1. The number of benzene rings is 2. The lowest BCUT2D eigenvalue weighted by Crippen LogP contribution is -2.04. The smallest absolute Gasteiger partial charge is 0.348 e. The molecule has 18 heteroatoms. The molecule has 0 bridgehead atoms. The first-order valence-corrected chi connectivity index (χ1v) is 22.6. The summed E-state index contributed by atoms with van der Waals surface area (Å²) in [7, 11) is -3.68. The van der Waals surface area contributed by atoms with Gasteiger partial charge in [-0.05, 0) is 49.6 Å². The van der Waals surface area contributed by atoms with Crippen molar-refractivity contribution >= 4 is 123 Å². The SMILES string of the molecule is CC.CC.CC.CCOC(=O)c1cc2c(-c3ccc(Cl)c(Cl)c3)nc(SC)nc2s1.CS(=O)(=O)c1nc(-c2ccc(Cl)c(Cl)c2)c2cc(C(=O)O)sc2n1. The standard InChI is InChI=1S/C16H12Cl2N2O2S2.C14H8Cl2N2O4S2.3C2H6/c1-3-22-15(21)12-7-9-13(8-4-5-10(17)11(18)6-8)19-16(23-2)20-14(9)24-12;1-24(21,22)14-17-11(6-2-3-8(15)9(16)4-6)7-5-10(13(19)20)23-12(7)18-14;3*1-2/h4-7H,3H2,1-2H3;2-5H,1H3,(H,19,20);3*1-2H3. The van der Waals surface area contributed by atoms with E-state index in [1.165, 1.54) is 35.2 Å². The summed E-state index contributed by atoms with van der Waals surface area (Å²) in [5.74, 6) is -1.48. The highest BCUT2D eigenvalue weighted by Crippen LogP contribution is 2.37. The monoisotopic (exact) mass is 890 g/mol. The van der Waals surface area contributed by atoms with Gasteiger partial charge in [0.1, 0.15) is 19.4 Å². The summed E-state index contributed by atoms with van der Waals surface area (Å²) in [5.41, 5.74) is 2.33. The van der Waals surface area contributed by atoms with Crippen molar-refractivity contribution in [1.82, 2.24) is 19.9 Å². The molecular formula is C36H38Cl4N4O6S4. The molecule has 290 valence electrons. The number of carbonyl (C=O) groups is 2. The Bertz CT molecular complexity index is 2350. The zero-order chi connectivity index (χ0) is 40.9. The van der Waals surface area contributed by atoms with Gasteiger partial charge in [-0.3, -0.25) is 0 Å². The summed E-state index contributed by atoms with van der Waals surface area (Å²) in [6, 6.07) is 13.2. The molecule has 10 nitrogen and oxygen atoms in total. The summed E-state index contributed by atoms with van der Waals surface area (Å²) in [5, 5.41) is 12.2. The van der Waals surface area contributed by atoms with Crippen molar-refractivity contribution in [3.05, 3.63) is 78.4 Å². The number of carbonyl (C=O) groups excluding carboxylic acids is 1. The summed E-state index contributed by atoms with van der Waals surface area (Å²) >= 11 is 27.7. The van der Waals surface area contributed by atoms with E-state index in [1.807, 2.05) is 53.9 Å². The Balaban J connectivity index is 0.000000328. The van der Waals surface area contributed by atoms with Crippen molar-refractivity contribution in [1.29, 1.82) is 0 Å². The van der Waals surface area contributed by atoms with Crippen LogP contribution < -0.4 is 0 Å². The van der Waals surface area contributed by atoms with Crippen molar-refractivity contribution in [2.45, 2.75) is 58.8 Å². The third kappa shape index (κ3) is 11.7. The van der Waals surface area contributed by atoms with Gasteiger partial charge in [0.25, 0.3) is 0 Å². The summed E-state index contributed by atoms with van der Waals surface area (Å²) in [6.07, 6.45) is 2.89. The molecule has 1 N–H and O–H groups in total. The lowest BCUT2D eigenvalue weighted by molar-refractivity contribution is 0.0531. The number of aromatic nitrogens is 4. The van der Waals surface area contributed by atoms with Crippen LogP contribution in [0, 0.1) is 0 Å². The zero-order valence-electron chi connectivity index (χ0n) is 30.7. The number of rotatable bonds is 7. The van der Waals surface area contributed by atoms with E-state index in [1.54, 1.807) is 37.3 Å². The number of esters is 1. The number of halogens is 4. The van der Waals surface area contributed by atoms with Gasteiger partial charge < -0.3 is 9.84 Å². The number of sulfone groups is 1. The molecule has 0 spiro atoms. The second kappa shape index (κ2) is 21.9. The fraction of sp³-hybridized carbons (Fsp3) is 0.278. The van der Waals surface area contributed by atoms with E-state index in [0.717, 1.165) is 39.1 Å². The Labute approximate surface area is 347 Å². The molecule has 0 aliphatic rings. The molecule has 0 fully saturated rings. The van der Waals surface area contributed by atoms with Gasteiger partial charge in [-0.15, -0.1) is 22.7 Å². The van der Waals surface area contributed by atoms with E-state index in [2.05, 4.69) is 19.9 Å². The van der Waals surface area contributed by atoms with Crippen molar-refractivity contribution < 1.29 is 27.9 Å². The molecule has 0 aliphatic heterocycles. The predicted molar refractivity (Wildman–Crippen MR) is 228 cm³/mol. The molecule has 0 amide bonds. The maximum Gasteiger partial charge on any atom is 0.348 e. The maximum atomic E-state index is 12.0. The van der Waals surface area contributed by atoms with Crippen molar-refractivity contribution in [3.8, 4) is 22.5 Å². The Kier molecular flexibility index (Phi) is 19.1. The highest BCUT2D eigenvalue weighted by atomic mass is 35.5. The molecule has 0 unspecified atom stereocenters. The van der Waals surface area contributed by atoms with Gasteiger partial charge in [0.2, 0.25) is 15.0 Å². The second-order valence-corrected chi connectivity index (χ2v) is 16.0. The first kappa shape index (κ1) is 47.1. The highest BCUT2D eigenvalue weighted by Gasteiger charge is 2.21. The predicted octanol–water partition coefficient (Wildman–Crippen LogP) is 12.4. The molecule has 6 rings (SSSR count). The molecule has 54 heavy (non-hydrogen) atoms. The fourth-order valence-electron chi connectivity index (χ4n) is 4.20. The van der Waals surface area contributed by atoms with Gasteiger partial charge in [0.15, 0.2) is 5.16 Å². The molecular weight excluding hydrogens is 854 g/mol. The van der Waals surface area contributed by atoms with Crippen LogP contribution in [0.1, 0.15) is 67.8 Å². The summed E-state index contributed by atoms with van der Waals surface area (Å²) in [4.78, 5) is 41.9. The number of aromatic carboxylic acids is 1. The number of thioether (sulfide) groups is 1. The molecule has 0 saturated carbocycles. The van der Waals surface area contributed by atoms with E-state index >= 15 is 0 Å².